The van der Waals surface area contributed by atoms with E-state index in [0.717, 1.165) is 0 Å². The van der Waals surface area contributed by atoms with E-state index in [1.54, 1.807) is 0 Å². The molecule has 1 heterocycles. The Bertz CT molecular complexity index is 352. The van der Waals surface area contributed by atoms with Gasteiger partial charge in [-0.05, 0) is 42.2 Å². The van der Waals surface area contributed by atoms with Gasteiger partial charge in [0.1, 0.15) is 0 Å². The predicted molar refractivity (Wildman–Crippen MR) is 73.1 cm³/mol. The number of pyridine rings is 1. The van der Waals surface area contributed by atoms with Crippen LogP contribution in [0.25, 0.3) is 0 Å². The van der Waals surface area contributed by atoms with Crippen molar-refractivity contribution in [2.24, 2.45) is 10.8 Å². The molecular weight excluding hydrogens is 208 g/mol. The number of hydrogen-bond donors (Lipinski definition) is 1. The van der Waals surface area contributed by atoms with E-state index in [0.29, 0.717) is 16.9 Å². The number of anilines is 1. The Balaban J connectivity index is 2.06. The fraction of sp³-hybridized carbons (Fsp3) is 0.667. The Morgan fingerprint density at radius 3 is 2.12 bits per heavy atom. The normalized spacial score (nSPS) is 23.3. The minimum atomic E-state index is 0.437. The van der Waals surface area contributed by atoms with Crippen LogP contribution in [0.3, 0.4) is 0 Å². The van der Waals surface area contributed by atoms with Crippen LogP contribution in [0.2, 0.25) is 0 Å². The summed E-state index contributed by atoms with van der Waals surface area (Å²) in [6.45, 7) is 9.54. The lowest BCUT2D eigenvalue weighted by Gasteiger charge is -2.45. The van der Waals surface area contributed by atoms with Gasteiger partial charge in [0.25, 0.3) is 0 Å². The topological polar surface area (TPSA) is 24.9 Å². The molecule has 0 spiro atoms. The van der Waals surface area contributed by atoms with Crippen LogP contribution >= 0.6 is 0 Å². The van der Waals surface area contributed by atoms with E-state index < -0.39 is 0 Å². The number of hydrogen-bond acceptors (Lipinski definition) is 2. The molecule has 2 nitrogen and oxygen atoms in total. The largest absolute Gasteiger partial charge is 0.382 e. The zero-order chi connectivity index (χ0) is 12.5. The maximum Gasteiger partial charge on any atom is 0.0373 e. The summed E-state index contributed by atoms with van der Waals surface area (Å²) in [5, 5.41) is 3.65. The van der Waals surface area contributed by atoms with Gasteiger partial charge in [-0.25, -0.2) is 0 Å². The SMILES string of the molecule is CC1(C)CC(Nc2ccncc2)CC(C)(C)C1. The summed E-state index contributed by atoms with van der Waals surface area (Å²) in [5.41, 5.74) is 2.07. The first-order valence-electron chi connectivity index (χ1n) is 6.53. The molecule has 1 saturated carbocycles. The number of nitrogens with one attached hydrogen (secondary N) is 1. The van der Waals surface area contributed by atoms with Crippen LogP contribution in [0.4, 0.5) is 5.69 Å². The van der Waals surface area contributed by atoms with Crippen molar-refractivity contribution in [3.63, 3.8) is 0 Å². The zero-order valence-electron chi connectivity index (χ0n) is 11.5. The molecule has 1 aliphatic carbocycles. The highest BCUT2D eigenvalue weighted by atomic mass is 14.9. The Morgan fingerprint density at radius 2 is 1.59 bits per heavy atom. The quantitative estimate of drug-likeness (QED) is 0.830. The minimum absolute atomic E-state index is 0.437. The van der Waals surface area contributed by atoms with Gasteiger partial charge >= 0.3 is 0 Å². The molecule has 1 fully saturated rings. The van der Waals surface area contributed by atoms with E-state index in [1.807, 2.05) is 12.4 Å². The maximum absolute atomic E-state index is 4.06. The van der Waals surface area contributed by atoms with Gasteiger partial charge in [0, 0.05) is 24.1 Å². The van der Waals surface area contributed by atoms with Gasteiger partial charge in [0.2, 0.25) is 0 Å². The molecule has 2 rings (SSSR count). The van der Waals surface area contributed by atoms with E-state index in [9.17, 15) is 0 Å². The number of nitrogens with zero attached hydrogens (tertiary/aromatic N) is 1. The lowest BCUT2D eigenvalue weighted by Crippen LogP contribution is -2.40. The van der Waals surface area contributed by atoms with Gasteiger partial charge in [-0.3, -0.25) is 4.98 Å². The molecule has 94 valence electrons. The molecule has 1 aliphatic rings. The van der Waals surface area contributed by atoms with Gasteiger partial charge < -0.3 is 5.32 Å². The average Bonchev–Trinajstić information content (AvgIpc) is 2.13. The summed E-state index contributed by atoms with van der Waals surface area (Å²) in [7, 11) is 0. The van der Waals surface area contributed by atoms with Gasteiger partial charge in [-0.2, -0.15) is 0 Å². The highest BCUT2D eigenvalue weighted by Gasteiger charge is 2.38. The van der Waals surface area contributed by atoms with Crippen LogP contribution in [-0.2, 0) is 0 Å². The molecule has 0 radical (unpaired) electrons. The molecule has 0 aromatic carbocycles. The summed E-state index contributed by atoms with van der Waals surface area (Å²) in [6, 6.07) is 4.68. The van der Waals surface area contributed by atoms with Crippen molar-refractivity contribution in [2.75, 3.05) is 5.32 Å². The van der Waals surface area contributed by atoms with Crippen molar-refractivity contribution in [3.05, 3.63) is 24.5 Å². The van der Waals surface area contributed by atoms with Gasteiger partial charge in [-0.1, -0.05) is 27.7 Å². The van der Waals surface area contributed by atoms with Crippen LogP contribution in [0, 0.1) is 10.8 Å². The fourth-order valence-electron chi connectivity index (χ4n) is 3.63. The molecule has 1 aromatic heterocycles. The van der Waals surface area contributed by atoms with Crippen molar-refractivity contribution >= 4 is 5.69 Å². The number of rotatable bonds is 2. The van der Waals surface area contributed by atoms with Crippen molar-refractivity contribution in [3.8, 4) is 0 Å². The fourth-order valence-corrected chi connectivity index (χ4v) is 3.63. The van der Waals surface area contributed by atoms with Crippen molar-refractivity contribution in [2.45, 2.75) is 53.0 Å². The monoisotopic (exact) mass is 232 g/mol. The zero-order valence-corrected chi connectivity index (χ0v) is 11.5. The lowest BCUT2D eigenvalue weighted by atomic mass is 9.63. The third-order valence-electron chi connectivity index (χ3n) is 3.61. The van der Waals surface area contributed by atoms with E-state index in [4.69, 9.17) is 0 Å². The standard InChI is InChI=1S/C15H24N2/c1-14(2)9-13(10-15(3,4)11-14)17-12-5-7-16-8-6-12/h5-8,13H,9-11H2,1-4H3,(H,16,17). The molecule has 17 heavy (non-hydrogen) atoms. The third kappa shape index (κ3) is 3.45. The molecule has 0 saturated heterocycles. The molecule has 0 unspecified atom stereocenters. The van der Waals surface area contributed by atoms with Gasteiger partial charge in [0.05, 0.1) is 0 Å². The molecule has 0 atom stereocenters. The predicted octanol–water partition coefficient (Wildman–Crippen LogP) is 4.10. The van der Waals surface area contributed by atoms with Crippen LogP contribution in [0.1, 0.15) is 47.0 Å². The second-order valence-corrected chi connectivity index (χ2v) is 6.99. The summed E-state index contributed by atoms with van der Waals surface area (Å²) in [5.74, 6) is 0. The van der Waals surface area contributed by atoms with Gasteiger partial charge in [0.15, 0.2) is 0 Å². The second kappa shape index (κ2) is 4.32. The maximum atomic E-state index is 4.06. The average molecular weight is 232 g/mol. The van der Waals surface area contributed by atoms with E-state index in [2.05, 4.69) is 50.1 Å². The first kappa shape index (κ1) is 12.4. The van der Waals surface area contributed by atoms with E-state index >= 15 is 0 Å². The highest BCUT2D eigenvalue weighted by Crippen LogP contribution is 2.46. The Labute approximate surface area is 105 Å². The molecular formula is C15H24N2. The number of aromatic nitrogens is 1. The molecule has 0 amide bonds. The third-order valence-corrected chi connectivity index (χ3v) is 3.61. The molecule has 1 N–H and O–H groups in total. The summed E-state index contributed by atoms with van der Waals surface area (Å²) in [6.07, 6.45) is 7.51. The highest BCUT2D eigenvalue weighted by molar-refractivity contribution is 5.42. The van der Waals surface area contributed by atoms with Crippen molar-refractivity contribution in [1.82, 2.24) is 4.98 Å². The van der Waals surface area contributed by atoms with Crippen LogP contribution in [0.5, 0.6) is 0 Å². The Kier molecular flexibility index (Phi) is 3.15. The lowest BCUT2D eigenvalue weighted by molar-refractivity contribution is 0.105. The summed E-state index contributed by atoms with van der Waals surface area (Å²) >= 11 is 0. The summed E-state index contributed by atoms with van der Waals surface area (Å²) < 4.78 is 0. The van der Waals surface area contributed by atoms with E-state index in [1.165, 1.54) is 24.9 Å². The Morgan fingerprint density at radius 1 is 1.06 bits per heavy atom. The van der Waals surface area contributed by atoms with Crippen LogP contribution < -0.4 is 5.32 Å². The smallest absolute Gasteiger partial charge is 0.0373 e. The van der Waals surface area contributed by atoms with Crippen molar-refractivity contribution < 1.29 is 0 Å². The van der Waals surface area contributed by atoms with Crippen LogP contribution in [-0.4, -0.2) is 11.0 Å². The molecule has 2 heteroatoms. The molecule has 0 aliphatic heterocycles. The van der Waals surface area contributed by atoms with Gasteiger partial charge in [-0.15, -0.1) is 0 Å². The second-order valence-electron chi connectivity index (χ2n) is 6.99. The Hall–Kier alpha value is -1.05. The summed E-state index contributed by atoms with van der Waals surface area (Å²) in [4.78, 5) is 4.06. The van der Waals surface area contributed by atoms with Crippen LogP contribution in [0.15, 0.2) is 24.5 Å². The molecule has 1 aromatic rings. The van der Waals surface area contributed by atoms with E-state index in [-0.39, 0.29) is 0 Å². The first-order valence-corrected chi connectivity index (χ1v) is 6.53. The van der Waals surface area contributed by atoms with Crippen molar-refractivity contribution in [1.29, 1.82) is 0 Å². The first-order chi connectivity index (χ1) is 7.86. The molecule has 0 bridgehead atoms. The minimum Gasteiger partial charge on any atom is -0.382 e.